The average Bonchev–Trinajstić information content (AvgIpc) is 2.47. The average molecular weight is 321 g/mol. The molecule has 1 aromatic rings. The molecule has 0 fully saturated rings. The number of thioether (sulfide) groups is 1. The van der Waals surface area contributed by atoms with Crippen LogP contribution in [0.1, 0.15) is 12.5 Å². The molecule has 0 radical (unpaired) electrons. The van der Waals surface area contributed by atoms with Crippen LogP contribution in [0.4, 0.5) is 0 Å². The molecule has 6 heteroatoms. The third kappa shape index (κ3) is 6.06. The topological polar surface area (TPSA) is 54.0 Å². The number of allylic oxidation sites excluding steroid dienone is 2. The lowest BCUT2D eigenvalue weighted by Crippen LogP contribution is -2.31. The van der Waals surface area contributed by atoms with Gasteiger partial charge in [0, 0.05) is 24.3 Å². The molecule has 21 heavy (non-hydrogen) atoms. The second-order valence-corrected chi connectivity index (χ2v) is 5.74. The Morgan fingerprint density at radius 1 is 1.48 bits per heavy atom. The van der Waals surface area contributed by atoms with Gasteiger partial charge in [-0.3, -0.25) is 0 Å². The molecule has 0 aliphatic heterocycles. The fourth-order valence-electron chi connectivity index (χ4n) is 1.44. The molecule has 0 aromatic carbocycles. The smallest absolute Gasteiger partial charge is 0.330 e. The number of aryl methyl sites for hydroxylation is 1. The molecule has 0 aliphatic rings. The summed E-state index contributed by atoms with van der Waals surface area (Å²) in [5.41, 5.74) is 1.84. The summed E-state index contributed by atoms with van der Waals surface area (Å²) in [5, 5.41) is 8.67. The number of pyridine rings is 1. The van der Waals surface area contributed by atoms with Gasteiger partial charge in [0.25, 0.3) is 0 Å². The van der Waals surface area contributed by atoms with E-state index in [9.17, 15) is 4.79 Å². The van der Waals surface area contributed by atoms with Crippen LogP contribution in [0.2, 0.25) is 0 Å². The van der Waals surface area contributed by atoms with Crippen molar-refractivity contribution in [3.63, 3.8) is 0 Å². The van der Waals surface area contributed by atoms with Crippen LogP contribution in [0.3, 0.4) is 0 Å². The van der Waals surface area contributed by atoms with Gasteiger partial charge in [0.15, 0.2) is 12.4 Å². The van der Waals surface area contributed by atoms with Crippen LogP contribution in [0, 0.1) is 18.3 Å². The van der Waals surface area contributed by atoms with Gasteiger partial charge in [0.2, 0.25) is 5.70 Å². The van der Waals surface area contributed by atoms with E-state index in [2.05, 4.69) is 18.7 Å². The van der Waals surface area contributed by atoms with Crippen molar-refractivity contribution in [1.29, 1.82) is 5.26 Å². The molecule has 0 aliphatic carbocycles. The van der Waals surface area contributed by atoms with Gasteiger partial charge in [-0.2, -0.15) is 9.83 Å². The van der Waals surface area contributed by atoms with Gasteiger partial charge in [-0.25, -0.2) is 4.79 Å². The largest absolute Gasteiger partial charge is 0.463 e. The summed E-state index contributed by atoms with van der Waals surface area (Å²) in [5.74, 6) is -0.115. The van der Waals surface area contributed by atoms with E-state index in [-0.39, 0.29) is 0 Å². The fourth-order valence-corrected chi connectivity index (χ4v) is 2.35. The molecule has 1 heterocycles. The normalized spacial score (nSPS) is 11.9. The maximum absolute atomic E-state index is 11.4. The highest BCUT2D eigenvalue weighted by molar-refractivity contribution is 8.15. The van der Waals surface area contributed by atoms with Crippen molar-refractivity contribution in [2.24, 2.45) is 0 Å². The van der Waals surface area contributed by atoms with E-state index in [0.717, 1.165) is 5.56 Å². The predicted molar refractivity (Wildman–Crippen MR) is 87.4 cm³/mol. The first-order valence-electron chi connectivity index (χ1n) is 6.34. The number of carbonyl (C=O) groups excluding carboxylic acids is 1. The number of hydrogen-bond donors (Lipinski definition) is 1. The third-order valence-corrected chi connectivity index (χ3v) is 3.80. The summed E-state index contributed by atoms with van der Waals surface area (Å²) >= 11 is 5.73. The number of esters is 1. The number of rotatable bonds is 6. The van der Waals surface area contributed by atoms with E-state index < -0.39 is 5.97 Å². The summed E-state index contributed by atoms with van der Waals surface area (Å²) in [4.78, 5) is 11.4. The zero-order valence-electron chi connectivity index (χ0n) is 11.9. The van der Waals surface area contributed by atoms with Crippen LogP contribution in [0.5, 0.6) is 0 Å². The second kappa shape index (κ2) is 9.27. The molecule has 0 N–H and O–H groups in total. The van der Waals surface area contributed by atoms with Crippen molar-refractivity contribution < 1.29 is 14.1 Å². The van der Waals surface area contributed by atoms with Gasteiger partial charge in [0.1, 0.15) is 4.24 Å². The Kier molecular flexibility index (Phi) is 7.65. The van der Waals surface area contributed by atoms with Crippen molar-refractivity contribution in [1.82, 2.24) is 0 Å². The molecular weight excluding hydrogens is 304 g/mol. The number of carbonyl (C=O) groups is 1. The van der Waals surface area contributed by atoms with Crippen molar-refractivity contribution in [3.05, 3.63) is 46.5 Å². The third-order valence-electron chi connectivity index (χ3n) is 2.43. The highest BCUT2D eigenvalue weighted by Crippen LogP contribution is 2.24. The minimum Gasteiger partial charge on any atom is -0.463 e. The summed E-state index contributed by atoms with van der Waals surface area (Å²) in [7, 11) is 0. The molecule has 0 atom stereocenters. The Morgan fingerprint density at radius 2 is 2.14 bits per heavy atom. The van der Waals surface area contributed by atoms with Gasteiger partial charge in [-0.05, 0) is 19.4 Å². The zero-order chi connectivity index (χ0) is 15.7. The summed E-state index contributed by atoms with van der Waals surface area (Å²) in [6, 6.07) is 5.96. The van der Waals surface area contributed by atoms with Crippen molar-refractivity contribution in [2.45, 2.75) is 13.8 Å². The Bertz CT molecular complexity index is 587. The molecule has 0 amide bonds. The lowest BCUT2D eigenvalue weighted by Gasteiger charge is -2.01. The first-order valence-corrected chi connectivity index (χ1v) is 7.78. The van der Waals surface area contributed by atoms with Gasteiger partial charge >= 0.3 is 5.97 Å². The number of aromatic nitrogens is 1. The molecule has 0 saturated heterocycles. The summed E-state index contributed by atoms with van der Waals surface area (Å²) in [6.45, 7) is 4.08. The highest BCUT2D eigenvalue weighted by atomic mass is 32.2. The first-order chi connectivity index (χ1) is 10.1. The van der Waals surface area contributed by atoms with Crippen LogP contribution in [0.25, 0.3) is 5.70 Å². The van der Waals surface area contributed by atoms with E-state index in [1.807, 2.05) is 36.0 Å². The maximum atomic E-state index is 11.4. The molecule has 0 unspecified atom stereocenters. The Morgan fingerprint density at radius 3 is 2.71 bits per heavy atom. The molecule has 0 spiro atoms. The zero-order valence-corrected chi connectivity index (χ0v) is 13.7. The molecular formula is C15H17N2O2S2+. The van der Waals surface area contributed by atoms with Gasteiger partial charge in [-0.15, -0.1) is 12.6 Å². The molecule has 1 aromatic heterocycles. The van der Waals surface area contributed by atoms with E-state index >= 15 is 0 Å². The monoisotopic (exact) mass is 321 g/mol. The fraction of sp³-hybridized carbons (Fsp3) is 0.267. The lowest BCUT2D eigenvalue weighted by atomic mass is 10.3. The molecule has 4 nitrogen and oxygen atoms in total. The molecule has 0 saturated carbocycles. The van der Waals surface area contributed by atoms with Gasteiger partial charge < -0.3 is 4.74 Å². The SMILES string of the molecule is CCOC(=O)/C=C/C(=C(\S)SCC#N)[n+]1ccc(C)cc1. The molecule has 0 bridgehead atoms. The number of nitriles is 1. The Hall–Kier alpha value is -1.71. The molecule has 1 rings (SSSR count). The van der Waals surface area contributed by atoms with E-state index in [0.29, 0.717) is 22.3 Å². The van der Waals surface area contributed by atoms with Crippen molar-refractivity contribution in [2.75, 3.05) is 12.4 Å². The standard InChI is InChI=1S/C15H16N2O2S2/c1-3-19-14(18)5-4-13(15(20)21-11-8-16)17-9-6-12(2)7-10-17/h4-7,9-10H,3,11H2,1-2H3/p+1. The van der Waals surface area contributed by atoms with Gasteiger partial charge in [-0.1, -0.05) is 11.8 Å². The van der Waals surface area contributed by atoms with Crippen LogP contribution in [0.15, 0.2) is 40.9 Å². The number of ether oxygens (including phenoxy) is 1. The summed E-state index contributed by atoms with van der Waals surface area (Å²) < 4.78 is 7.37. The Balaban J connectivity index is 3.08. The summed E-state index contributed by atoms with van der Waals surface area (Å²) in [6.07, 6.45) is 6.75. The predicted octanol–water partition coefficient (Wildman–Crippen LogP) is 2.71. The number of thiol groups is 1. The van der Waals surface area contributed by atoms with Gasteiger partial charge in [0.05, 0.1) is 18.4 Å². The van der Waals surface area contributed by atoms with Crippen LogP contribution < -0.4 is 4.57 Å². The van der Waals surface area contributed by atoms with Crippen LogP contribution >= 0.6 is 24.4 Å². The Labute approximate surface area is 134 Å². The van der Waals surface area contributed by atoms with Crippen molar-refractivity contribution >= 4 is 36.1 Å². The lowest BCUT2D eigenvalue weighted by molar-refractivity contribution is -0.578. The van der Waals surface area contributed by atoms with E-state index in [1.165, 1.54) is 17.8 Å². The van der Waals surface area contributed by atoms with E-state index in [1.54, 1.807) is 13.0 Å². The van der Waals surface area contributed by atoms with Crippen LogP contribution in [-0.2, 0) is 9.53 Å². The minimum absolute atomic E-state index is 0.294. The second-order valence-electron chi connectivity index (χ2n) is 4.01. The number of hydrogen-bond acceptors (Lipinski definition) is 5. The quantitative estimate of drug-likeness (QED) is 0.288. The number of nitrogens with zero attached hydrogens (tertiary/aromatic N) is 2. The van der Waals surface area contributed by atoms with E-state index in [4.69, 9.17) is 10.00 Å². The maximum Gasteiger partial charge on any atom is 0.330 e. The first kappa shape index (κ1) is 17.3. The molecule has 110 valence electrons. The highest BCUT2D eigenvalue weighted by Gasteiger charge is 2.13. The van der Waals surface area contributed by atoms with Crippen molar-refractivity contribution in [3.8, 4) is 6.07 Å². The minimum atomic E-state index is -0.408. The van der Waals surface area contributed by atoms with Crippen LogP contribution in [-0.4, -0.2) is 18.3 Å².